The second-order valence-electron chi connectivity index (χ2n) is 6.97. The first-order valence-corrected chi connectivity index (χ1v) is 8.50. The zero-order valence-electron chi connectivity index (χ0n) is 14.0. The van der Waals surface area contributed by atoms with Crippen molar-refractivity contribution in [3.8, 4) is 5.75 Å². The molecule has 2 heterocycles. The Labute approximate surface area is 137 Å². The summed E-state index contributed by atoms with van der Waals surface area (Å²) in [6.07, 6.45) is 4.33. The third kappa shape index (κ3) is 4.32. The van der Waals surface area contributed by atoms with Gasteiger partial charge in [0.05, 0.1) is 5.69 Å². The maximum Gasteiger partial charge on any atom is 0.115 e. The van der Waals surface area contributed by atoms with E-state index >= 15 is 0 Å². The van der Waals surface area contributed by atoms with Gasteiger partial charge in [-0.2, -0.15) is 0 Å². The topological polar surface area (TPSA) is 54.2 Å². The van der Waals surface area contributed by atoms with Gasteiger partial charge in [0.1, 0.15) is 5.75 Å². The van der Waals surface area contributed by atoms with Gasteiger partial charge in [-0.1, -0.05) is 31.2 Å². The number of rotatable bonds is 5. The number of hydrogen-bond acceptors (Lipinski definition) is 4. The van der Waals surface area contributed by atoms with Crippen molar-refractivity contribution in [3.05, 3.63) is 41.7 Å². The number of hydrogen-bond donors (Lipinski definition) is 1. The summed E-state index contributed by atoms with van der Waals surface area (Å²) in [6, 6.07) is 7.69. The maximum absolute atomic E-state index is 9.63. The van der Waals surface area contributed by atoms with Crippen LogP contribution < -0.4 is 0 Å². The monoisotopic (exact) mass is 314 g/mol. The van der Waals surface area contributed by atoms with E-state index < -0.39 is 0 Å². The number of aromatic hydroxyl groups is 1. The third-order valence-electron chi connectivity index (χ3n) is 4.45. The van der Waals surface area contributed by atoms with Crippen molar-refractivity contribution in [2.75, 3.05) is 13.1 Å². The largest absolute Gasteiger partial charge is 0.508 e. The van der Waals surface area contributed by atoms with E-state index in [1.165, 1.54) is 5.56 Å². The van der Waals surface area contributed by atoms with Gasteiger partial charge in [-0.25, -0.2) is 0 Å². The van der Waals surface area contributed by atoms with Crippen molar-refractivity contribution in [1.82, 2.24) is 19.9 Å². The summed E-state index contributed by atoms with van der Waals surface area (Å²) in [7, 11) is 0. The summed E-state index contributed by atoms with van der Waals surface area (Å²) < 4.78 is 1.94. The van der Waals surface area contributed by atoms with Gasteiger partial charge in [0.25, 0.3) is 0 Å². The summed E-state index contributed by atoms with van der Waals surface area (Å²) in [5.41, 5.74) is 2.31. The van der Waals surface area contributed by atoms with Crippen LogP contribution in [0.3, 0.4) is 0 Å². The molecular weight excluding hydrogens is 288 g/mol. The highest BCUT2D eigenvalue weighted by Gasteiger charge is 2.21. The number of benzene rings is 1. The quantitative estimate of drug-likeness (QED) is 0.922. The Bertz CT molecular complexity index is 629. The number of likely N-dealkylation sites (tertiary alicyclic amines) is 1. The molecular formula is C18H26N4O. The Morgan fingerprint density at radius 1 is 1.26 bits per heavy atom. The van der Waals surface area contributed by atoms with Crippen LogP contribution in [0, 0.1) is 5.92 Å². The van der Waals surface area contributed by atoms with Crippen LogP contribution in [-0.2, 0) is 13.1 Å². The molecule has 3 rings (SSSR count). The highest BCUT2D eigenvalue weighted by molar-refractivity contribution is 5.30. The highest BCUT2D eigenvalue weighted by Crippen LogP contribution is 2.30. The summed E-state index contributed by atoms with van der Waals surface area (Å²) in [4.78, 5) is 2.45. The lowest BCUT2D eigenvalue weighted by atomic mass is 9.89. The second-order valence-corrected chi connectivity index (χ2v) is 6.97. The van der Waals surface area contributed by atoms with Crippen LogP contribution in [0.4, 0.5) is 0 Å². The molecule has 0 aliphatic carbocycles. The van der Waals surface area contributed by atoms with Crippen molar-refractivity contribution in [3.63, 3.8) is 0 Å². The molecule has 1 aromatic heterocycles. The Kier molecular flexibility index (Phi) is 4.96. The number of aromatic nitrogens is 3. The third-order valence-corrected chi connectivity index (χ3v) is 4.45. The molecule has 2 aromatic rings. The van der Waals surface area contributed by atoms with Gasteiger partial charge in [0, 0.05) is 19.3 Å². The molecule has 0 saturated carbocycles. The average molecular weight is 314 g/mol. The highest BCUT2D eigenvalue weighted by atomic mass is 16.3. The van der Waals surface area contributed by atoms with Gasteiger partial charge in [0.2, 0.25) is 0 Å². The maximum atomic E-state index is 9.63. The van der Waals surface area contributed by atoms with Crippen molar-refractivity contribution < 1.29 is 5.11 Å². The lowest BCUT2D eigenvalue weighted by molar-refractivity contribution is 0.202. The zero-order chi connectivity index (χ0) is 16.2. The average Bonchev–Trinajstić information content (AvgIpc) is 2.94. The van der Waals surface area contributed by atoms with Crippen molar-refractivity contribution in [1.29, 1.82) is 0 Å². The molecule has 5 nitrogen and oxygen atoms in total. The van der Waals surface area contributed by atoms with E-state index in [0.717, 1.165) is 44.7 Å². The van der Waals surface area contributed by atoms with Crippen LogP contribution >= 0.6 is 0 Å². The molecule has 0 atom stereocenters. The molecule has 0 unspecified atom stereocenters. The molecule has 1 aliphatic heterocycles. The van der Waals surface area contributed by atoms with Crippen molar-refractivity contribution in [2.45, 2.75) is 45.7 Å². The molecule has 124 valence electrons. The minimum atomic E-state index is 0.367. The van der Waals surface area contributed by atoms with E-state index in [-0.39, 0.29) is 0 Å². The first kappa shape index (κ1) is 16.0. The van der Waals surface area contributed by atoms with Crippen LogP contribution in [0.15, 0.2) is 30.5 Å². The number of phenols is 1. The van der Waals surface area contributed by atoms with Crippen LogP contribution in [0.1, 0.15) is 43.9 Å². The lowest BCUT2D eigenvalue weighted by Crippen LogP contribution is -2.32. The van der Waals surface area contributed by atoms with Gasteiger partial charge < -0.3 is 5.11 Å². The number of piperidine rings is 1. The fraction of sp³-hybridized carbons (Fsp3) is 0.556. The molecule has 1 fully saturated rings. The van der Waals surface area contributed by atoms with Gasteiger partial charge in [-0.15, -0.1) is 5.10 Å². The summed E-state index contributed by atoms with van der Waals surface area (Å²) in [5, 5.41) is 18.1. The zero-order valence-corrected chi connectivity index (χ0v) is 14.0. The van der Waals surface area contributed by atoms with E-state index in [1.54, 1.807) is 6.07 Å². The Balaban J connectivity index is 1.52. The van der Waals surface area contributed by atoms with Crippen molar-refractivity contribution in [2.24, 2.45) is 5.92 Å². The molecule has 1 aliphatic rings. The normalized spacial score (nSPS) is 17.0. The fourth-order valence-corrected chi connectivity index (χ4v) is 3.31. The molecule has 1 aromatic carbocycles. The lowest BCUT2D eigenvalue weighted by Gasteiger charge is -2.31. The molecule has 1 N–H and O–H groups in total. The van der Waals surface area contributed by atoms with E-state index in [9.17, 15) is 5.11 Å². The molecule has 5 heteroatoms. The van der Waals surface area contributed by atoms with Crippen molar-refractivity contribution >= 4 is 0 Å². The number of nitrogens with zero attached hydrogens (tertiary/aromatic N) is 4. The van der Waals surface area contributed by atoms with Gasteiger partial charge in [0.15, 0.2) is 0 Å². The molecule has 23 heavy (non-hydrogen) atoms. The Morgan fingerprint density at radius 2 is 2.04 bits per heavy atom. The number of phenolic OH excluding ortho intramolecular Hbond substituents is 1. The van der Waals surface area contributed by atoms with E-state index in [0.29, 0.717) is 17.6 Å². The SMILES string of the molecule is CC(C)Cn1cc(CN2CCC(c3cccc(O)c3)CC2)nn1. The van der Waals surface area contributed by atoms with E-state index in [4.69, 9.17) is 0 Å². The Morgan fingerprint density at radius 3 is 2.74 bits per heavy atom. The predicted octanol–water partition coefficient (Wildman–Crippen LogP) is 3.02. The summed E-state index contributed by atoms with van der Waals surface area (Å²) in [5.74, 6) is 1.50. The van der Waals surface area contributed by atoms with Crippen LogP contribution in [0.2, 0.25) is 0 Å². The summed E-state index contributed by atoms with van der Waals surface area (Å²) in [6.45, 7) is 8.31. The summed E-state index contributed by atoms with van der Waals surface area (Å²) >= 11 is 0. The molecule has 0 amide bonds. The van der Waals surface area contributed by atoms with Crippen LogP contribution in [0.5, 0.6) is 5.75 Å². The molecule has 0 radical (unpaired) electrons. The van der Waals surface area contributed by atoms with Gasteiger partial charge >= 0.3 is 0 Å². The van der Waals surface area contributed by atoms with Crippen LogP contribution in [0.25, 0.3) is 0 Å². The molecule has 1 saturated heterocycles. The minimum Gasteiger partial charge on any atom is -0.508 e. The van der Waals surface area contributed by atoms with E-state index in [1.807, 2.05) is 16.8 Å². The molecule has 0 spiro atoms. The first-order valence-electron chi connectivity index (χ1n) is 8.50. The first-order chi connectivity index (χ1) is 11.1. The van der Waals surface area contributed by atoms with Gasteiger partial charge in [-0.05, 0) is 55.5 Å². The fourth-order valence-electron chi connectivity index (χ4n) is 3.31. The molecule has 0 bridgehead atoms. The predicted molar refractivity (Wildman–Crippen MR) is 90.2 cm³/mol. The minimum absolute atomic E-state index is 0.367. The Hall–Kier alpha value is -1.88. The smallest absolute Gasteiger partial charge is 0.115 e. The standard InChI is InChI=1S/C18H26N4O/c1-14(2)11-22-13-17(19-20-22)12-21-8-6-15(7-9-21)16-4-3-5-18(23)10-16/h3-5,10,13-15,23H,6-9,11-12H2,1-2H3. The second kappa shape index (κ2) is 7.13. The van der Waals surface area contributed by atoms with Crippen LogP contribution in [-0.4, -0.2) is 38.1 Å². The van der Waals surface area contributed by atoms with Gasteiger partial charge in [-0.3, -0.25) is 9.58 Å². The van der Waals surface area contributed by atoms with E-state index in [2.05, 4.69) is 41.3 Å².